The maximum atomic E-state index is 11.6. The molecule has 0 aromatic heterocycles. The zero-order chi connectivity index (χ0) is 13.8. The lowest BCUT2D eigenvalue weighted by molar-refractivity contribution is -0.158. The molecule has 5 heteroatoms. The number of amides is 1. The van der Waals surface area contributed by atoms with Gasteiger partial charge >= 0.3 is 5.97 Å². The fraction of sp³-hybridized carbons (Fsp3) is 0.308. The minimum atomic E-state index is -0.683. The van der Waals surface area contributed by atoms with Gasteiger partial charge < -0.3 is 4.84 Å². The molecular formula is C13H14N2O3. The lowest BCUT2D eigenvalue weighted by Gasteiger charge is -2.15. The molecular weight excluding hydrogens is 232 g/mol. The van der Waals surface area contributed by atoms with Crippen molar-refractivity contribution < 1.29 is 14.4 Å². The van der Waals surface area contributed by atoms with Gasteiger partial charge in [0.1, 0.15) is 0 Å². The molecule has 94 valence electrons. The molecule has 1 amide bonds. The van der Waals surface area contributed by atoms with E-state index in [4.69, 9.17) is 5.26 Å². The summed E-state index contributed by atoms with van der Waals surface area (Å²) < 4.78 is 0. The van der Waals surface area contributed by atoms with Gasteiger partial charge in [-0.1, -0.05) is 0 Å². The van der Waals surface area contributed by atoms with Crippen LogP contribution in [0.2, 0.25) is 0 Å². The highest BCUT2D eigenvalue weighted by Gasteiger charge is 2.24. The van der Waals surface area contributed by atoms with Gasteiger partial charge in [-0.05, 0) is 45.0 Å². The van der Waals surface area contributed by atoms with Crippen molar-refractivity contribution in [1.82, 2.24) is 5.48 Å². The quantitative estimate of drug-likeness (QED) is 0.766. The molecule has 1 aromatic carbocycles. The predicted octanol–water partition coefficient (Wildman–Crippen LogP) is 1.79. The first-order valence-corrected chi connectivity index (χ1v) is 5.36. The smallest absolute Gasteiger partial charge is 0.337 e. The second kappa shape index (κ2) is 5.32. The summed E-state index contributed by atoms with van der Waals surface area (Å²) in [6, 6.07) is 7.94. The molecule has 0 unspecified atom stereocenters. The summed E-state index contributed by atoms with van der Waals surface area (Å²) in [7, 11) is 0. The van der Waals surface area contributed by atoms with Crippen LogP contribution in [0, 0.1) is 16.7 Å². The zero-order valence-electron chi connectivity index (χ0n) is 10.5. The largest absolute Gasteiger partial charge is 0.340 e. The van der Waals surface area contributed by atoms with Crippen molar-refractivity contribution in [3.8, 4) is 6.07 Å². The highest BCUT2D eigenvalue weighted by molar-refractivity contribution is 5.94. The minimum absolute atomic E-state index is 0.315. The predicted molar refractivity (Wildman–Crippen MR) is 64.2 cm³/mol. The summed E-state index contributed by atoms with van der Waals surface area (Å²) in [6.07, 6.45) is 0. The molecule has 0 fully saturated rings. The Balaban J connectivity index is 2.61. The molecule has 0 aliphatic carbocycles. The summed E-state index contributed by atoms with van der Waals surface area (Å²) in [5.41, 5.74) is 2.16. The summed E-state index contributed by atoms with van der Waals surface area (Å²) in [5, 5.41) is 8.61. The Morgan fingerprint density at radius 3 is 2.22 bits per heavy atom. The molecule has 0 saturated heterocycles. The van der Waals surface area contributed by atoms with Gasteiger partial charge in [-0.2, -0.15) is 10.7 Å². The van der Waals surface area contributed by atoms with Crippen LogP contribution >= 0.6 is 0 Å². The SMILES string of the molecule is CC(C)(C)C(=O)ONC(=O)c1ccc(C#N)cc1. The Morgan fingerprint density at radius 1 is 1.22 bits per heavy atom. The molecule has 0 heterocycles. The Hall–Kier alpha value is -2.35. The maximum absolute atomic E-state index is 11.6. The van der Waals surface area contributed by atoms with Crippen LogP contribution in [0.5, 0.6) is 0 Å². The number of carbonyl (C=O) groups is 2. The zero-order valence-corrected chi connectivity index (χ0v) is 10.5. The number of benzene rings is 1. The molecule has 1 N–H and O–H groups in total. The molecule has 1 rings (SSSR count). The third-order valence-electron chi connectivity index (χ3n) is 2.12. The molecule has 0 atom stereocenters. The summed E-state index contributed by atoms with van der Waals surface area (Å²) in [6.45, 7) is 5.05. The van der Waals surface area contributed by atoms with Crippen LogP contribution < -0.4 is 5.48 Å². The Labute approximate surface area is 105 Å². The third-order valence-corrected chi connectivity index (χ3v) is 2.12. The number of carbonyl (C=O) groups excluding carboxylic acids is 2. The lowest BCUT2D eigenvalue weighted by atomic mass is 9.98. The van der Waals surface area contributed by atoms with Gasteiger partial charge in [0.25, 0.3) is 5.91 Å². The number of rotatable bonds is 1. The Kier molecular flexibility index (Phi) is 4.05. The summed E-state index contributed by atoms with van der Waals surface area (Å²) in [5.74, 6) is -1.05. The van der Waals surface area contributed by atoms with Crippen molar-refractivity contribution in [2.75, 3.05) is 0 Å². The van der Waals surface area contributed by atoms with Gasteiger partial charge in [0.2, 0.25) is 0 Å². The van der Waals surface area contributed by atoms with Gasteiger partial charge in [0, 0.05) is 5.56 Å². The number of hydrogen-bond donors (Lipinski definition) is 1. The van der Waals surface area contributed by atoms with E-state index in [9.17, 15) is 9.59 Å². The molecule has 0 spiro atoms. The second-order valence-corrected chi connectivity index (χ2v) is 4.76. The molecule has 0 saturated carbocycles. The Bertz CT molecular complexity index is 492. The maximum Gasteiger partial charge on any atom is 0.337 e. The third kappa shape index (κ3) is 3.59. The van der Waals surface area contributed by atoms with E-state index in [1.54, 1.807) is 20.8 Å². The number of hydroxylamine groups is 1. The average molecular weight is 246 g/mol. The minimum Gasteiger partial charge on any atom is -0.340 e. The van der Waals surface area contributed by atoms with Gasteiger partial charge in [-0.3, -0.25) is 4.79 Å². The van der Waals surface area contributed by atoms with E-state index in [1.807, 2.05) is 6.07 Å². The standard InChI is InChI=1S/C13H14N2O3/c1-13(2,3)12(17)18-15-11(16)10-6-4-9(8-14)5-7-10/h4-7H,1-3H3,(H,15,16). The van der Waals surface area contributed by atoms with E-state index >= 15 is 0 Å². The first-order chi connectivity index (χ1) is 8.34. The Morgan fingerprint density at radius 2 is 1.78 bits per heavy atom. The van der Waals surface area contributed by atoms with E-state index in [-0.39, 0.29) is 0 Å². The lowest BCUT2D eigenvalue weighted by Crippen LogP contribution is -2.33. The van der Waals surface area contributed by atoms with Crippen molar-refractivity contribution in [3.63, 3.8) is 0 Å². The van der Waals surface area contributed by atoms with Crippen molar-refractivity contribution in [1.29, 1.82) is 5.26 Å². The molecule has 0 radical (unpaired) electrons. The van der Waals surface area contributed by atoms with E-state index < -0.39 is 17.3 Å². The topological polar surface area (TPSA) is 79.2 Å². The van der Waals surface area contributed by atoms with E-state index in [1.165, 1.54) is 24.3 Å². The number of hydrogen-bond acceptors (Lipinski definition) is 4. The first kappa shape index (κ1) is 13.7. The summed E-state index contributed by atoms with van der Waals surface area (Å²) >= 11 is 0. The van der Waals surface area contributed by atoms with Crippen LogP contribution in [-0.4, -0.2) is 11.9 Å². The highest BCUT2D eigenvalue weighted by atomic mass is 16.7. The van der Waals surface area contributed by atoms with Crippen LogP contribution in [0.4, 0.5) is 0 Å². The number of nitrogens with one attached hydrogen (secondary N) is 1. The van der Waals surface area contributed by atoms with Crippen LogP contribution in [0.3, 0.4) is 0 Å². The number of nitriles is 1. The first-order valence-electron chi connectivity index (χ1n) is 5.36. The second-order valence-electron chi connectivity index (χ2n) is 4.76. The van der Waals surface area contributed by atoms with Crippen LogP contribution in [0.25, 0.3) is 0 Å². The van der Waals surface area contributed by atoms with Crippen LogP contribution in [-0.2, 0) is 9.63 Å². The van der Waals surface area contributed by atoms with Gasteiger partial charge in [-0.15, -0.1) is 0 Å². The van der Waals surface area contributed by atoms with Crippen molar-refractivity contribution in [2.45, 2.75) is 20.8 Å². The fourth-order valence-electron chi connectivity index (χ4n) is 1.00. The molecule has 1 aromatic rings. The molecule has 0 aliphatic heterocycles. The van der Waals surface area contributed by atoms with Crippen LogP contribution in [0.1, 0.15) is 36.7 Å². The van der Waals surface area contributed by atoms with Crippen molar-refractivity contribution >= 4 is 11.9 Å². The summed E-state index contributed by atoms with van der Waals surface area (Å²) in [4.78, 5) is 27.7. The number of nitrogens with zero attached hydrogens (tertiary/aromatic N) is 1. The normalized spacial score (nSPS) is 10.3. The van der Waals surface area contributed by atoms with Gasteiger partial charge in [-0.25, -0.2) is 4.79 Å². The van der Waals surface area contributed by atoms with E-state index in [0.29, 0.717) is 11.1 Å². The van der Waals surface area contributed by atoms with Crippen LogP contribution in [0.15, 0.2) is 24.3 Å². The highest BCUT2D eigenvalue weighted by Crippen LogP contribution is 2.14. The molecule has 5 nitrogen and oxygen atoms in total. The van der Waals surface area contributed by atoms with Crippen molar-refractivity contribution in [3.05, 3.63) is 35.4 Å². The van der Waals surface area contributed by atoms with Crippen molar-refractivity contribution in [2.24, 2.45) is 5.41 Å². The fourth-order valence-corrected chi connectivity index (χ4v) is 1.00. The monoisotopic (exact) mass is 246 g/mol. The molecule has 0 aliphatic rings. The van der Waals surface area contributed by atoms with E-state index in [0.717, 1.165) is 0 Å². The van der Waals surface area contributed by atoms with Gasteiger partial charge in [0.15, 0.2) is 0 Å². The van der Waals surface area contributed by atoms with Gasteiger partial charge in [0.05, 0.1) is 17.0 Å². The molecule has 18 heavy (non-hydrogen) atoms. The average Bonchev–Trinajstić information content (AvgIpc) is 2.34. The molecule has 0 bridgehead atoms. The van der Waals surface area contributed by atoms with E-state index in [2.05, 4.69) is 10.3 Å².